The number of ether oxygens (including phenoxy) is 1. The molecule has 0 bridgehead atoms. The van der Waals surface area contributed by atoms with Crippen molar-refractivity contribution in [2.45, 2.75) is 27.2 Å². The smallest absolute Gasteiger partial charge is 0.145 e. The Hall–Kier alpha value is -1.18. The first-order chi connectivity index (χ1) is 7.12. The minimum atomic E-state index is 0.198. The van der Waals surface area contributed by atoms with Crippen molar-refractivity contribution in [2.24, 2.45) is 5.41 Å². The molecule has 0 unspecified atom stereocenters. The number of hydrogen-bond donors (Lipinski definition) is 1. The molecular weight excluding hydrogens is 186 g/mol. The normalized spacial score (nSPS) is 18.3. The molecule has 0 fully saturated rings. The van der Waals surface area contributed by atoms with Gasteiger partial charge in [-0.1, -0.05) is 32.9 Å². The van der Waals surface area contributed by atoms with Crippen LogP contribution in [0.2, 0.25) is 0 Å². The zero-order valence-electron chi connectivity index (χ0n) is 9.76. The maximum Gasteiger partial charge on any atom is 0.145 e. The molecule has 0 radical (unpaired) electrons. The van der Waals surface area contributed by atoms with Crippen LogP contribution in [0, 0.1) is 5.41 Å². The van der Waals surface area contributed by atoms with Crippen LogP contribution in [-0.4, -0.2) is 13.2 Å². The highest BCUT2D eigenvalue weighted by Gasteiger charge is 2.24. The lowest BCUT2D eigenvalue weighted by molar-refractivity contribution is 0.198. The average molecular weight is 205 g/mol. The Bertz CT molecular complexity index is 358. The predicted octanol–water partition coefficient (Wildman–Crippen LogP) is 3.08. The Morgan fingerprint density at radius 1 is 1.40 bits per heavy atom. The molecule has 1 aliphatic heterocycles. The number of anilines is 1. The van der Waals surface area contributed by atoms with Gasteiger partial charge in [0.25, 0.3) is 0 Å². The summed E-state index contributed by atoms with van der Waals surface area (Å²) < 4.78 is 5.92. The number of para-hydroxylation sites is 1. The molecule has 0 atom stereocenters. The van der Waals surface area contributed by atoms with E-state index in [0.29, 0.717) is 0 Å². The predicted molar refractivity (Wildman–Crippen MR) is 63.6 cm³/mol. The van der Waals surface area contributed by atoms with E-state index in [9.17, 15) is 0 Å². The van der Waals surface area contributed by atoms with Crippen molar-refractivity contribution < 1.29 is 4.74 Å². The van der Waals surface area contributed by atoms with Gasteiger partial charge in [-0.3, -0.25) is 0 Å². The topological polar surface area (TPSA) is 21.3 Å². The van der Waals surface area contributed by atoms with E-state index in [4.69, 9.17) is 4.74 Å². The maximum absolute atomic E-state index is 5.92. The molecule has 0 spiro atoms. The van der Waals surface area contributed by atoms with Crippen LogP contribution in [0.4, 0.5) is 5.69 Å². The van der Waals surface area contributed by atoms with Gasteiger partial charge in [0.2, 0.25) is 0 Å². The molecule has 1 heterocycles. The summed E-state index contributed by atoms with van der Waals surface area (Å²) >= 11 is 0. The summed E-state index contributed by atoms with van der Waals surface area (Å²) in [6.07, 6.45) is 1.02. The molecule has 2 nitrogen and oxygen atoms in total. The summed E-state index contributed by atoms with van der Waals surface area (Å²) in [5.74, 6) is 1.05. The van der Waals surface area contributed by atoms with Crippen molar-refractivity contribution in [3.63, 3.8) is 0 Å². The highest BCUT2D eigenvalue weighted by molar-refractivity contribution is 5.60. The van der Waals surface area contributed by atoms with Crippen LogP contribution in [0.15, 0.2) is 18.2 Å². The minimum Gasteiger partial charge on any atom is -0.491 e. The molecule has 0 saturated carbocycles. The van der Waals surface area contributed by atoms with E-state index >= 15 is 0 Å². The Balaban J connectivity index is 2.35. The first-order valence-corrected chi connectivity index (χ1v) is 5.61. The lowest BCUT2D eigenvalue weighted by Gasteiger charge is -2.20. The van der Waals surface area contributed by atoms with Crippen molar-refractivity contribution in [3.05, 3.63) is 23.8 Å². The second-order valence-corrected chi connectivity index (χ2v) is 4.95. The molecular formula is C13H19NO. The highest BCUT2D eigenvalue weighted by Crippen LogP contribution is 2.34. The van der Waals surface area contributed by atoms with Crippen molar-refractivity contribution in [1.82, 2.24) is 0 Å². The fourth-order valence-electron chi connectivity index (χ4n) is 1.83. The van der Waals surface area contributed by atoms with E-state index in [2.05, 4.69) is 44.3 Å². The quantitative estimate of drug-likeness (QED) is 0.760. The van der Waals surface area contributed by atoms with Crippen LogP contribution in [0.1, 0.15) is 26.3 Å². The van der Waals surface area contributed by atoms with Crippen molar-refractivity contribution >= 4 is 5.69 Å². The van der Waals surface area contributed by atoms with E-state index in [1.165, 1.54) is 5.56 Å². The van der Waals surface area contributed by atoms with Crippen LogP contribution < -0.4 is 10.1 Å². The fourth-order valence-corrected chi connectivity index (χ4v) is 1.83. The van der Waals surface area contributed by atoms with Gasteiger partial charge in [0.1, 0.15) is 5.75 Å². The van der Waals surface area contributed by atoms with Crippen LogP contribution in [0.5, 0.6) is 5.75 Å². The Kier molecular flexibility index (Phi) is 2.59. The first-order valence-electron chi connectivity index (χ1n) is 5.61. The van der Waals surface area contributed by atoms with E-state index in [0.717, 1.165) is 31.0 Å². The number of fused-ring (bicyclic) bond motifs is 1. The van der Waals surface area contributed by atoms with Gasteiger partial charge in [-0.05, 0) is 18.1 Å². The third-order valence-corrected chi connectivity index (χ3v) is 2.84. The zero-order chi connectivity index (χ0) is 10.9. The number of nitrogens with one attached hydrogen (secondary N) is 1. The Morgan fingerprint density at radius 3 is 2.93 bits per heavy atom. The minimum absolute atomic E-state index is 0.198. The molecule has 82 valence electrons. The zero-order valence-corrected chi connectivity index (χ0v) is 9.76. The summed E-state index contributed by atoms with van der Waals surface area (Å²) in [4.78, 5) is 0. The molecule has 1 aliphatic rings. The Morgan fingerprint density at radius 2 is 2.20 bits per heavy atom. The van der Waals surface area contributed by atoms with Crippen molar-refractivity contribution in [1.29, 1.82) is 0 Å². The molecule has 1 aromatic rings. The van der Waals surface area contributed by atoms with Gasteiger partial charge < -0.3 is 10.1 Å². The van der Waals surface area contributed by atoms with Crippen LogP contribution in [-0.2, 0) is 6.42 Å². The summed E-state index contributed by atoms with van der Waals surface area (Å²) in [7, 11) is 0. The van der Waals surface area contributed by atoms with Crippen LogP contribution >= 0.6 is 0 Å². The second kappa shape index (κ2) is 3.76. The summed E-state index contributed by atoms with van der Waals surface area (Å²) in [5, 5.41) is 3.47. The molecule has 15 heavy (non-hydrogen) atoms. The average Bonchev–Trinajstić information content (AvgIpc) is 2.38. The van der Waals surface area contributed by atoms with Gasteiger partial charge in [-0.25, -0.2) is 0 Å². The molecule has 0 saturated heterocycles. The van der Waals surface area contributed by atoms with Crippen LogP contribution in [0.3, 0.4) is 0 Å². The van der Waals surface area contributed by atoms with Crippen molar-refractivity contribution in [3.8, 4) is 5.75 Å². The second-order valence-electron chi connectivity index (χ2n) is 4.95. The third-order valence-electron chi connectivity index (χ3n) is 2.84. The summed E-state index contributed by atoms with van der Waals surface area (Å²) in [6, 6.07) is 6.32. The molecule has 2 heteroatoms. The lowest BCUT2D eigenvalue weighted by atomic mass is 9.95. The fraction of sp³-hybridized carbons (Fsp3) is 0.538. The number of aryl methyl sites for hydroxylation is 1. The number of benzene rings is 1. The first kappa shape index (κ1) is 10.3. The Labute approximate surface area is 91.6 Å². The van der Waals surface area contributed by atoms with Gasteiger partial charge in [0, 0.05) is 12.0 Å². The van der Waals surface area contributed by atoms with Gasteiger partial charge in [0.15, 0.2) is 0 Å². The number of hydrogen-bond acceptors (Lipinski definition) is 2. The molecule has 1 aromatic carbocycles. The van der Waals surface area contributed by atoms with E-state index in [1.54, 1.807) is 0 Å². The molecule has 1 N–H and O–H groups in total. The monoisotopic (exact) mass is 205 g/mol. The van der Waals surface area contributed by atoms with E-state index in [1.807, 2.05) is 0 Å². The van der Waals surface area contributed by atoms with Gasteiger partial charge in [-0.15, -0.1) is 0 Å². The van der Waals surface area contributed by atoms with Gasteiger partial charge in [0.05, 0.1) is 12.3 Å². The lowest BCUT2D eigenvalue weighted by Crippen LogP contribution is -2.27. The summed E-state index contributed by atoms with van der Waals surface area (Å²) in [5.41, 5.74) is 2.63. The number of rotatable bonds is 1. The highest BCUT2D eigenvalue weighted by atomic mass is 16.5. The molecule has 0 aliphatic carbocycles. The largest absolute Gasteiger partial charge is 0.491 e. The van der Waals surface area contributed by atoms with Crippen molar-refractivity contribution in [2.75, 3.05) is 18.5 Å². The van der Waals surface area contributed by atoms with Crippen LogP contribution in [0.25, 0.3) is 0 Å². The maximum atomic E-state index is 5.92. The molecule has 0 aromatic heterocycles. The third kappa shape index (κ3) is 2.09. The standard InChI is InChI=1S/C13H19NO/c1-4-10-6-5-7-11-12(10)15-9-13(2,3)8-14-11/h5-7,14H,4,8-9H2,1-3H3. The summed E-state index contributed by atoms with van der Waals surface area (Å²) in [6.45, 7) is 8.35. The molecule has 2 rings (SSSR count). The molecule has 0 amide bonds. The van der Waals surface area contributed by atoms with Gasteiger partial charge >= 0.3 is 0 Å². The van der Waals surface area contributed by atoms with Gasteiger partial charge in [-0.2, -0.15) is 0 Å². The van der Waals surface area contributed by atoms with E-state index in [-0.39, 0.29) is 5.41 Å². The van der Waals surface area contributed by atoms with E-state index < -0.39 is 0 Å². The SMILES string of the molecule is CCc1cccc2c1OCC(C)(C)CN2.